The standard InChI is InChI=1S/C19H14ClN3O3/c20-13-9-7-12(8-10-13)17-21-16(26-22-17)6-3-11-23-18(24)14-4-1-2-5-15(14)19(23)25/h1-2,4-5,7-10H,3,6,11H2. The van der Waals surface area contributed by atoms with Gasteiger partial charge in [0.2, 0.25) is 11.7 Å². The van der Waals surface area contributed by atoms with Gasteiger partial charge >= 0.3 is 0 Å². The van der Waals surface area contributed by atoms with Gasteiger partial charge in [0.1, 0.15) is 0 Å². The van der Waals surface area contributed by atoms with Crippen molar-refractivity contribution in [2.24, 2.45) is 0 Å². The van der Waals surface area contributed by atoms with Crippen LogP contribution in [0.4, 0.5) is 0 Å². The van der Waals surface area contributed by atoms with Gasteiger partial charge in [0.25, 0.3) is 11.8 Å². The van der Waals surface area contributed by atoms with Gasteiger partial charge in [-0.1, -0.05) is 28.9 Å². The Morgan fingerprint density at radius 2 is 1.62 bits per heavy atom. The predicted molar refractivity (Wildman–Crippen MR) is 94.9 cm³/mol. The van der Waals surface area contributed by atoms with Crippen LogP contribution in [0.3, 0.4) is 0 Å². The summed E-state index contributed by atoms with van der Waals surface area (Å²) in [5, 5.41) is 4.59. The molecule has 0 spiro atoms. The lowest BCUT2D eigenvalue weighted by atomic mass is 10.1. The van der Waals surface area contributed by atoms with E-state index in [0.717, 1.165) is 5.56 Å². The molecule has 0 unspecified atom stereocenters. The zero-order valence-electron chi connectivity index (χ0n) is 13.7. The molecule has 2 aromatic carbocycles. The molecule has 0 fully saturated rings. The van der Waals surface area contributed by atoms with Crippen LogP contribution < -0.4 is 0 Å². The highest BCUT2D eigenvalue weighted by Gasteiger charge is 2.34. The van der Waals surface area contributed by atoms with Gasteiger partial charge in [-0.25, -0.2) is 0 Å². The van der Waals surface area contributed by atoms with E-state index < -0.39 is 0 Å². The highest BCUT2D eigenvalue weighted by Crippen LogP contribution is 2.23. The highest BCUT2D eigenvalue weighted by molar-refractivity contribution is 6.30. The maximum absolute atomic E-state index is 12.3. The fraction of sp³-hybridized carbons (Fsp3) is 0.158. The molecule has 0 atom stereocenters. The molecule has 1 aliphatic heterocycles. The minimum Gasteiger partial charge on any atom is -0.339 e. The fourth-order valence-corrected chi connectivity index (χ4v) is 3.03. The Bertz CT molecular complexity index is 947. The molecule has 3 aromatic rings. The quantitative estimate of drug-likeness (QED) is 0.644. The lowest BCUT2D eigenvalue weighted by molar-refractivity contribution is 0.0651. The number of aryl methyl sites for hydroxylation is 1. The molecule has 0 bridgehead atoms. The van der Waals surface area contributed by atoms with Crippen LogP contribution in [0.15, 0.2) is 53.1 Å². The van der Waals surface area contributed by atoms with Gasteiger partial charge in [-0.3, -0.25) is 14.5 Å². The summed E-state index contributed by atoms with van der Waals surface area (Å²) < 4.78 is 5.25. The van der Waals surface area contributed by atoms with Gasteiger partial charge < -0.3 is 4.52 Å². The van der Waals surface area contributed by atoms with Crippen molar-refractivity contribution in [3.63, 3.8) is 0 Å². The number of fused-ring (bicyclic) bond motifs is 1. The molecule has 130 valence electrons. The molecule has 2 amide bonds. The van der Waals surface area contributed by atoms with Crippen LogP contribution in [-0.2, 0) is 6.42 Å². The zero-order valence-corrected chi connectivity index (χ0v) is 14.4. The molecular formula is C19H14ClN3O3. The molecule has 0 saturated carbocycles. The van der Waals surface area contributed by atoms with E-state index in [1.807, 2.05) is 12.1 Å². The number of hydrogen-bond acceptors (Lipinski definition) is 5. The monoisotopic (exact) mass is 367 g/mol. The van der Waals surface area contributed by atoms with Crippen molar-refractivity contribution in [3.8, 4) is 11.4 Å². The van der Waals surface area contributed by atoms with E-state index in [-0.39, 0.29) is 11.8 Å². The van der Waals surface area contributed by atoms with E-state index in [4.69, 9.17) is 16.1 Å². The average Bonchev–Trinajstić information content (AvgIpc) is 3.22. The maximum atomic E-state index is 12.3. The van der Waals surface area contributed by atoms with Crippen LogP contribution in [0.5, 0.6) is 0 Å². The number of hydrogen-bond donors (Lipinski definition) is 0. The van der Waals surface area contributed by atoms with Crippen molar-refractivity contribution in [1.29, 1.82) is 0 Å². The number of benzene rings is 2. The minimum absolute atomic E-state index is 0.252. The third-order valence-electron chi connectivity index (χ3n) is 4.22. The Balaban J connectivity index is 1.38. The van der Waals surface area contributed by atoms with E-state index in [1.165, 1.54) is 4.90 Å². The molecule has 0 radical (unpaired) electrons. The van der Waals surface area contributed by atoms with Crippen LogP contribution >= 0.6 is 11.6 Å². The molecule has 1 aliphatic rings. The molecule has 0 N–H and O–H groups in total. The normalized spacial score (nSPS) is 13.3. The lowest BCUT2D eigenvalue weighted by Crippen LogP contribution is -2.30. The predicted octanol–water partition coefficient (Wildman–Crippen LogP) is 3.62. The van der Waals surface area contributed by atoms with E-state index in [2.05, 4.69) is 10.1 Å². The minimum atomic E-state index is -0.252. The first-order valence-corrected chi connectivity index (χ1v) is 8.55. The van der Waals surface area contributed by atoms with Crippen molar-refractivity contribution >= 4 is 23.4 Å². The summed E-state index contributed by atoms with van der Waals surface area (Å²) in [6.07, 6.45) is 1.03. The second kappa shape index (κ2) is 6.72. The molecular weight excluding hydrogens is 354 g/mol. The first-order chi connectivity index (χ1) is 12.6. The summed E-state index contributed by atoms with van der Waals surface area (Å²) in [4.78, 5) is 30.2. The van der Waals surface area contributed by atoms with Crippen molar-refractivity contribution < 1.29 is 14.1 Å². The van der Waals surface area contributed by atoms with Gasteiger partial charge in [0.15, 0.2) is 0 Å². The van der Waals surface area contributed by atoms with Crippen LogP contribution in [0.1, 0.15) is 33.0 Å². The third-order valence-corrected chi connectivity index (χ3v) is 4.47. The number of imide groups is 1. The fourth-order valence-electron chi connectivity index (χ4n) is 2.90. The Morgan fingerprint density at radius 3 is 2.27 bits per heavy atom. The van der Waals surface area contributed by atoms with Crippen molar-refractivity contribution in [2.75, 3.05) is 6.54 Å². The number of nitrogens with zero attached hydrogens (tertiary/aromatic N) is 3. The zero-order chi connectivity index (χ0) is 18.1. The number of carbonyl (C=O) groups is 2. The molecule has 2 heterocycles. The summed E-state index contributed by atoms with van der Waals surface area (Å²) in [6, 6.07) is 14.0. The summed E-state index contributed by atoms with van der Waals surface area (Å²) in [5.41, 5.74) is 1.73. The Hall–Kier alpha value is -2.99. The smallest absolute Gasteiger partial charge is 0.261 e. The van der Waals surface area contributed by atoms with Gasteiger partial charge in [-0.05, 0) is 42.8 Å². The summed E-state index contributed by atoms with van der Waals surface area (Å²) in [5.74, 6) is 0.444. The second-order valence-corrected chi connectivity index (χ2v) is 6.37. The van der Waals surface area contributed by atoms with Gasteiger partial charge in [0, 0.05) is 23.6 Å². The van der Waals surface area contributed by atoms with Crippen LogP contribution in [0.2, 0.25) is 5.02 Å². The summed E-state index contributed by atoms with van der Waals surface area (Å²) >= 11 is 5.87. The molecule has 7 heteroatoms. The highest BCUT2D eigenvalue weighted by atomic mass is 35.5. The van der Waals surface area contributed by atoms with Crippen molar-refractivity contribution in [3.05, 3.63) is 70.6 Å². The van der Waals surface area contributed by atoms with Crippen molar-refractivity contribution in [2.45, 2.75) is 12.8 Å². The van der Waals surface area contributed by atoms with Crippen LogP contribution in [0.25, 0.3) is 11.4 Å². The SMILES string of the molecule is O=C1c2ccccc2C(=O)N1CCCc1nc(-c2ccc(Cl)cc2)no1. The number of aromatic nitrogens is 2. The average molecular weight is 368 g/mol. The molecule has 1 aromatic heterocycles. The lowest BCUT2D eigenvalue weighted by Gasteiger charge is -2.12. The second-order valence-electron chi connectivity index (χ2n) is 5.93. The largest absolute Gasteiger partial charge is 0.339 e. The van der Waals surface area contributed by atoms with Crippen LogP contribution in [0, 0.1) is 0 Å². The van der Waals surface area contributed by atoms with Gasteiger partial charge in [-0.15, -0.1) is 0 Å². The van der Waals surface area contributed by atoms with E-state index >= 15 is 0 Å². The molecule has 6 nitrogen and oxygen atoms in total. The van der Waals surface area contributed by atoms with E-state index in [1.54, 1.807) is 36.4 Å². The molecule has 0 aliphatic carbocycles. The van der Waals surface area contributed by atoms with E-state index in [0.29, 0.717) is 47.3 Å². The summed E-state index contributed by atoms with van der Waals surface area (Å²) in [7, 11) is 0. The first kappa shape index (κ1) is 16.5. The first-order valence-electron chi connectivity index (χ1n) is 8.17. The number of halogens is 1. The van der Waals surface area contributed by atoms with Crippen molar-refractivity contribution in [1.82, 2.24) is 15.0 Å². The molecule has 0 saturated heterocycles. The number of amides is 2. The molecule has 26 heavy (non-hydrogen) atoms. The van der Waals surface area contributed by atoms with Crippen LogP contribution in [-0.4, -0.2) is 33.4 Å². The maximum Gasteiger partial charge on any atom is 0.261 e. The Morgan fingerprint density at radius 1 is 0.962 bits per heavy atom. The Kier molecular flexibility index (Phi) is 4.26. The third kappa shape index (κ3) is 2.99. The topological polar surface area (TPSA) is 76.3 Å². The van der Waals surface area contributed by atoms with Gasteiger partial charge in [-0.2, -0.15) is 4.98 Å². The summed E-state index contributed by atoms with van der Waals surface area (Å²) in [6.45, 7) is 0.311. The van der Waals surface area contributed by atoms with E-state index in [9.17, 15) is 9.59 Å². The number of rotatable bonds is 5. The molecule has 4 rings (SSSR count). The number of carbonyl (C=O) groups excluding carboxylic acids is 2. The van der Waals surface area contributed by atoms with Gasteiger partial charge in [0.05, 0.1) is 11.1 Å². The Labute approximate surface area is 154 Å².